The first-order valence-corrected chi connectivity index (χ1v) is 6.23. The average Bonchev–Trinajstić information content (AvgIpc) is 2.88. The molecule has 3 rings (SSSR count). The Bertz CT molecular complexity index is 614. The molecule has 0 radical (unpaired) electrons. The third kappa shape index (κ3) is 1.50. The monoisotopic (exact) mass is 249 g/mol. The van der Waals surface area contributed by atoms with Gasteiger partial charge in [-0.3, -0.25) is 9.38 Å². The molecular weight excluding hydrogens is 242 g/mol. The smallest absolute Gasteiger partial charge is 0.194 e. The van der Waals surface area contributed by atoms with Crippen LogP contribution in [0.25, 0.3) is 16.3 Å². The molecule has 3 aromatic heterocycles. The minimum Gasteiger partial charge on any atom is -0.288 e. The zero-order chi connectivity index (χ0) is 11.0. The quantitative estimate of drug-likeness (QED) is 0.653. The highest BCUT2D eigenvalue weighted by molar-refractivity contribution is 7.15. The summed E-state index contributed by atoms with van der Waals surface area (Å²) in [5, 5.41) is 2.06. The lowest BCUT2D eigenvalue weighted by Gasteiger charge is -1.96. The van der Waals surface area contributed by atoms with E-state index in [4.69, 9.17) is 11.6 Å². The van der Waals surface area contributed by atoms with Crippen LogP contribution in [0, 0.1) is 0 Å². The molecule has 0 saturated heterocycles. The normalized spacial score (nSPS) is 11.1. The minimum absolute atomic E-state index is 0.441. The molecule has 0 spiro atoms. The highest BCUT2D eigenvalue weighted by atomic mass is 35.5. The van der Waals surface area contributed by atoms with Gasteiger partial charge in [0.05, 0.1) is 23.0 Å². The number of fused-ring (bicyclic) bond motifs is 1. The van der Waals surface area contributed by atoms with E-state index in [9.17, 15) is 0 Å². The Balaban J connectivity index is 2.20. The van der Waals surface area contributed by atoms with E-state index in [0.717, 1.165) is 22.0 Å². The van der Waals surface area contributed by atoms with Crippen molar-refractivity contribution in [2.45, 2.75) is 5.88 Å². The summed E-state index contributed by atoms with van der Waals surface area (Å²) in [7, 11) is 0. The lowest BCUT2D eigenvalue weighted by atomic mass is 10.3. The van der Waals surface area contributed by atoms with Crippen molar-refractivity contribution >= 4 is 27.9 Å². The molecule has 80 valence electrons. The van der Waals surface area contributed by atoms with Crippen molar-refractivity contribution in [3.8, 4) is 11.4 Å². The van der Waals surface area contributed by atoms with Crippen LogP contribution in [0.3, 0.4) is 0 Å². The first kappa shape index (κ1) is 9.81. The van der Waals surface area contributed by atoms with Crippen LogP contribution < -0.4 is 0 Å². The van der Waals surface area contributed by atoms with Crippen LogP contribution in [0.5, 0.6) is 0 Å². The number of hydrogen-bond acceptors (Lipinski definition) is 3. The van der Waals surface area contributed by atoms with Crippen molar-refractivity contribution in [3.05, 3.63) is 41.7 Å². The first-order chi connectivity index (χ1) is 7.88. The van der Waals surface area contributed by atoms with Gasteiger partial charge in [0.2, 0.25) is 0 Å². The van der Waals surface area contributed by atoms with E-state index in [1.807, 2.05) is 28.8 Å². The zero-order valence-corrected chi connectivity index (χ0v) is 9.87. The maximum absolute atomic E-state index is 5.77. The summed E-state index contributed by atoms with van der Waals surface area (Å²) in [6.07, 6.45) is 3.75. The van der Waals surface area contributed by atoms with Gasteiger partial charge in [0.25, 0.3) is 0 Å². The second kappa shape index (κ2) is 3.88. The van der Waals surface area contributed by atoms with Crippen molar-refractivity contribution in [1.29, 1.82) is 0 Å². The summed E-state index contributed by atoms with van der Waals surface area (Å²) in [5.74, 6) is 0.441. The van der Waals surface area contributed by atoms with Crippen molar-refractivity contribution in [2.24, 2.45) is 0 Å². The van der Waals surface area contributed by atoms with Crippen LogP contribution in [0.4, 0.5) is 0 Å². The van der Waals surface area contributed by atoms with E-state index in [1.54, 1.807) is 17.5 Å². The fraction of sp³-hybridized carbons (Fsp3) is 0.0909. The molecule has 0 bridgehead atoms. The molecule has 0 aromatic carbocycles. The molecule has 3 nitrogen and oxygen atoms in total. The molecule has 0 unspecified atom stereocenters. The van der Waals surface area contributed by atoms with Gasteiger partial charge in [0, 0.05) is 17.8 Å². The molecule has 0 aliphatic rings. The highest BCUT2D eigenvalue weighted by Gasteiger charge is 2.09. The summed E-state index contributed by atoms with van der Waals surface area (Å²) in [6.45, 7) is 0. The molecule has 0 saturated carbocycles. The van der Waals surface area contributed by atoms with Gasteiger partial charge >= 0.3 is 0 Å². The average molecular weight is 250 g/mol. The van der Waals surface area contributed by atoms with Gasteiger partial charge in [0.15, 0.2) is 4.96 Å². The second-order valence-corrected chi connectivity index (χ2v) is 4.46. The maximum atomic E-state index is 5.77. The molecule has 3 aromatic rings. The molecule has 3 heterocycles. The van der Waals surface area contributed by atoms with Crippen molar-refractivity contribution in [1.82, 2.24) is 14.4 Å². The van der Waals surface area contributed by atoms with Crippen LogP contribution in [-0.4, -0.2) is 14.4 Å². The highest BCUT2D eigenvalue weighted by Crippen LogP contribution is 2.24. The van der Waals surface area contributed by atoms with Crippen molar-refractivity contribution in [3.63, 3.8) is 0 Å². The predicted octanol–water partition coefficient (Wildman–Crippen LogP) is 3.20. The SMILES string of the molecule is ClCc1cn2c(-c3ccccn3)csc2n1. The molecule has 5 heteroatoms. The van der Waals surface area contributed by atoms with Gasteiger partial charge in [0.1, 0.15) is 0 Å². The van der Waals surface area contributed by atoms with Gasteiger partial charge in [-0.15, -0.1) is 22.9 Å². The van der Waals surface area contributed by atoms with Gasteiger partial charge in [-0.2, -0.15) is 0 Å². The number of nitrogens with zero attached hydrogens (tertiary/aromatic N) is 3. The number of pyridine rings is 1. The largest absolute Gasteiger partial charge is 0.288 e. The summed E-state index contributed by atoms with van der Waals surface area (Å²) in [4.78, 5) is 9.69. The molecule has 0 aliphatic heterocycles. The standard InChI is InChI=1S/C11H8ClN3S/c12-5-8-6-15-10(7-16-11(15)14-8)9-3-1-2-4-13-9/h1-4,6-7H,5H2. The number of aromatic nitrogens is 3. The second-order valence-electron chi connectivity index (χ2n) is 3.35. The van der Waals surface area contributed by atoms with E-state index in [0.29, 0.717) is 5.88 Å². The van der Waals surface area contributed by atoms with Crippen LogP contribution >= 0.6 is 22.9 Å². The van der Waals surface area contributed by atoms with Crippen LogP contribution in [0.1, 0.15) is 5.69 Å². The number of halogens is 1. The fourth-order valence-corrected chi connectivity index (χ4v) is 2.61. The van der Waals surface area contributed by atoms with Crippen LogP contribution in [-0.2, 0) is 5.88 Å². The van der Waals surface area contributed by atoms with E-state index < -0.39 is 0 Å². The van der Waals surface area contributed by atoms with E-state index in [-0.39, 0.29) is 0 Å². The molecule has 0 amide bonds. The van der Waals surface area contributed by atoms with Gasteiger partial charge in [-0.05, 0) is 12.1 Å². The Morgan fingerprint density at radius 3 is 3.06 bits per heavy atom. The Labute approximate surface area is 101 Å². The Hall–Kier alpha value is -1.39. The number of alkyl halides is 1. The predicted molar refractivity (Wildman–Crippen MR) is 65.9 cm³/mol. The van der Waals surface area contributed by atoms with Gasteiger partial charge in [-0.1, -0.05) is 6.07 Å². The summed E-state index contributed by atoms with van der Waals surface area (Å²) in [6, 6.07) is 5.87. The minimum atomic E-state index is 0.441. The van der Waals surface area contributed by atoms with Crippen molar-refractivity contribution in [2.75, 3.05) is 0 Å². The van der Waals surface area contributed by atoms with E-state index in [1.165, 1.54) is 0 Å². The van der Waals surface area contributed by atoms with Crippen molar-refractivity contribution < 1.29 is 0 Å². The fourth-order valence-electron chi connectivity index (χ4n) is 1.59. The molecule has 0 atom stereocenters. The lowest BCUT2D eigenvalue weighted by Crippen LogP contribution is -1.86. The Morgan fingerprint density at radius 2 is 2.31 bits per heavy atom. The molecule has 16 heavy (non-hydrogen) atoms. The summed E-state index contributed by atoms with van der Waals surface area (Å²) < 4.78 is 2.03. The van der Waals surface area contributed by atoms with E-state index in [2.05, 4.69) is 15.3 Å². The molecular formula is C11H8ClN3S. The third-order valence-electron chi connectivity index (χ3n) is 2.32. The van der Waals surface area contributed by atoms with Gasteiger partial charge < -0.3 is 0 Å². The molecule has 0 aliphatic carbocycles. The number of thiazole rings is 1. The third-order valence-corrected chi connectivity index (χ3v) is 3.44. The molecule has 0 N–H and O–H groups in total. The number of rotatable bonds is 2. The maximum Gasteiger partial charge on any atom is 0.194 e. The van der Waals surface area contributed by atoms with Gasteiger partial charge in [-0.25, -0.2) is 4.98 Å². The summed E-state index contributed by atoms with van der Waals surface area (Å²) in [5.41, 5.74) is 2.91. The number of hydrogen-bond donors (Lipinski definition) is 0. The Kier molecular flexibility index (Phi) is 2.38. The van der Waals surface area contributed by atoms with E-state index >= 15 is 0 Å². The summed E-state index contributed by atoms with van der Waals surface area (Å²) >= 11 is 7.37. The lowest BCUT2D eigenvalue weighted by molar-refractivity contribution is 1.18. The number of imidazole rings is 1. The topological polar surface area (TPSA) is 30.2 Å². The Morgan fingerprint density at radius 1 is 1.38 bits per heavy atom. The zero-order valence-electron chi connectivity index (χ0n) is 8.30. The molecule has 0 fully saturated rings. The van der Waals surface area contributed by atoms with Crippen LogP contribution in [0.15, 0.2) is 36.0 Å². The first-order valence-electron chi connectivity index (χ1n) is 4.81. The van der Waals surface area contributed by atoms with Crippen LogP contribution in [0.2, 0.25) is 0 Å².